The van der Waals surface area contributed by atoms with E-state index in [1.54, 1.807) is 55.5 Å². The van der Waals surface area contributed by atoms with Crippen LogP contribution in [0.4, 0.5) is 17.1 Å². The molecule has 8 nitrogen and oxygen atoms in total. The van der Waals surface area contributed by atoms with Gasteiger partial charge in [0, 0.05) is 37.7 Å². The maximum Gasteiger partial charge on any atom is 0.271 e. The van der Waals surface area contributed by atoms with Gasteiger partial charge < -0.3 is 15.5 Å². The minimum Gasteiger partial charge on any atom is -0.326 e. The van der Waals surface area contributed by atoms with Gasteiger partial charge in [0.1, 0.15) is 0 Å². The summed E-state index contributed by atoms with van der Waals surface area (Å²) < 4.78 is 0. The lowest BCUT2D eigenvalue weighted by Gasteiger charge is -2.48. The first-order valence-electron chi connectivity index (χ1n) is 9.81. The van der Waals surface area contributed by atoms with Crippen molar-refractivity contribution in [3.8, 4) is 0 Å². The lowest BCUT2D eigenvalue weighted by molar-refractivity contribution is -0.128. The Bertz CT molecular complexity index is 1050. The number of para-hydroxylation sites is 1. The number of nitrogens with one attached hydrogen (secondary N) is 2. The summed E-state index contributed by atoms with van der Waals surface area (Å²) in [6, 6.07) is 13.5. The molecule has 1 fully saturated rings. The molecule has 0 spiro atoms. The van der Waals surface area contributed by atoms with Crippen LogP contribution in [0, 0.1) is 0 Å². The van der Waals surface area contributed by atoms with E-state index < -0.39 is 11.6 Å². The number of benzene rings is 2. The Hall–Kier alpha value is -3.68. The Balaban J connectivity index is 1.72. The molecular weight excluding hydrogens is 384 g/mol. The number of anilines is 3. The van der Waals surface area contributed by atoms with E-state index in [2.05, 4.69) is 10.6 Å². The predicted octanol–water partition coefficient (Wildman–Crippen LogP) is 2.58. The van der Waals surface area contributed by atoms with Crippen molar-refractivity contribution in [2.24, 2.45) is 0 Å². The van der Waals surface area contributed by atoms with E-state index in [1.807, 2.05) is 0 Å². The van der Waals surface area contributed by atoms with Crippen LogP contribution in [0.2, 0.25) is 0 Å². The van der Waals surface area contributed by atoms with Gasteiger partial charge in [-0.25, -0.2) is 0 Å². The molecule has 4 amide bonds. The second-order valence-electron chi connectivity index (χ2n) is 7.32. The number of carbonyl (C=O) groups is 4. The molecule has 0 saturated carbocycles. The molecule has 0 aliphatic carbocycles. The minimum atomic E-state index is -1.41. The quantitative estimate of drug-likeness (QED) is 0.815. The molecule has 30 heavy (non-hydrogen) atoms. The molecule has 2 aliphatic rings. The largest absolute Gasteiger partial charge is 0.326 e. The van der Waals surface area contributed by atoms with Gasteiger partial charge in [-0.05, 0) is 43.3 Å². The molecule has 0 unspecified atom stereocenters. The first-order chi connectivity index (χ1) is 14.4. The van der Waals surface area contributed by atoms with Crippen molar-refractivity contribution in [3.63, 3.8) is 0 Å². The van der Waals surface area contributed by atoms with Crippen molar-refractivity contribution >= 4 is 40.7 Å². The number of rotatable bonds is 4. The molecule has 4 rings (SSSR count). The zero-order valence-electron chi connectivity index (χ0n) is 16.8. The highest BCUT2D eigenvalue weighted by Crippen LogP contribution is 2.44. The lowest BCUT2D eigenvalue weighted by atomic mass is 9.95. The van der Waals surface area contributed by atoms with Crippen LogP contribution in [-0.4, -0.2) is 40.7 Å². The Morgan fingerprint density at radius 1 is 1.00 bits per heavy atom. The Kier molecular flexibility index (Phi) is 4.77. The standard InChI is InChI=1S/C22H22N4O4/c1-3-25-20(29)17-6-4-5-7-18(17)26-19(28)12-13-22(25,26)21(30)24-16-10-8-15(9-11-16)23-14(2)27/h4-11H,3,12-13H2,1-2H3,(H,23,27)(H,24,30)/t22-/m0/s1. The second-order valence-corrected chi connectivity index (χ2v) is 7.32. The summed E-state index contributed by atoms with van der Waals surface area (Å²) in [5.41, 5.74) is 0.579. The smallest absolute Gasteiger partial charge is 0.271 e. The third-order valence-corrected chi connectivity index (χ3v) is 5.52. The maximum atomic E-state index is 13.5. The fourth-order valence-electron chi connectivity index (χ4n) is 4.28. The van der Waals surface area contributed by atoms with Crippen molar-refractivity contribution in [3.05, 3.63) is 54.1 Å². The molecule has 0 radical (unpaired) electrons. The number of fused-ring (bicyclic) bond motifs is 3. The van der Waals surface area contributed by atoms with E-state index in [-0.39, 0.29) is 37.1 Å². The number of nitrogens with zero attached hydrogens (tertiary/aromatic N) is 2. The van der Waals surface area contributed by atoms with Crippen molar-refractivity contribution in [1.29, 1.82) is 0 Å². The van der Waals surface area contributed by atoms with E-state index in [1.165, 1.54) is 16.7 Å². The van der Waals surface area contributed by atoms with Crippen LogP contribution in [0.5, 0.6) is 0 Å². The van der Waals surface area contributed by atoms with E-state index in [4.69, 9.17) is 0 Å². The van der Waals surface area contributed by atoms with Crippen molar-refractivity contribution < 1.29 is 19.2 Å². The van der Waals surface area contributed by atoms with Crippen LogP contribution in [0.15, 0.2) is 48.5 Å². The molecule has 0 aromatic heterocycles. The average Bonchev–Trinajstić information content (AvgIpc) is 3.08. The Morgan fingerprint density at radius 3 is 2.27 bits per heavy atom. The van der Waals surface area contributed by atoms with Crippen LogP contribution < -0.4 is 15.5 Å². The fourth-order valence-corrected chi connectivity index (χ4v) is 4.28. The molecule has 8 heteroatoms. The van der Waals surface area contributed by atoms with Gasteiger partial charge in [-0.1, -0.05) is 12.1 Å². The van der Waals surface area contributed by atoms with Gasteiger partial charge in [0.2, 0.25) is 17.5 Å². The number of hydrogen-bond acceptors (Lipinski definition) is 4. The lowest BCUT2D eigenvalue weighted by Crippen LogP contribution is -2.69. The van der Waals surface area contributed by atoms with Gasteiger partial charge >= 0.3 is 0 Å². The molecule has 154 valence electrons. The van der Waals surface area contributed by atoms with Crippen LogP contribution in [0.3, 0.4) is 0 Å². The molecular formula is C22H22N4O4. The summed E-state index contributed by atoms with van der Waals surface area (Å²) >= 11 is 0. The summed E-state index contributed by atoms with van der Waals surface area (Å²) in [6.07, 6.45) is 0.391. The number of carbonyl (C=O) groups excluding carboxylic acids is 4. The van der Waals surface area contributed by atoms with E-state index in [0.29, 0.717) is 22.6 Å². The van der Waals surface area contributed by atoms with Crippen molar-refractivity contribution in [1.82, 2.24) is 4.90 Å². The van der Waals surface area contributed by atoms with Gasteiger partial charge in [0.05, 0.1) is 11.3 Å². The average molecular weight is 406 g/mol. The third kappa shape index (κ3) is 2.92. The van der Waals surface area contributed by atoms with Crippen molar-refractivity contribution in [2.45, 2.75) is 32.4 Å². The third-order valence-electron chi connectivity index (χ3n) is 5.52. The monoisotopic (exact) mass is 406 g/mol. The summed E-state index contributed by atoms with van der Waals surface area (Å²) in [6.45, 7) is 3.49. The van der Waals surface area contributed by atoms with Crippen LogP contribution in [-0.2, 0) is 14.4 Å². The van der Waals surface area contributed by atoms with Gasteiger partial charge in [-0.3, -0.25) is 24.1 Å². The molecule has 0 bridgehead atoms. The fraction of sp³-hybridized carbons (Fsp3) is 0.273. The molecule has 2 aliphatic heterocycles. The summed E-state index contributed by atoms with van der Waals surface area (Å²) in [7, 11) is 0. The topological polar surface area (TPSA) is 98.8 Å². The normalized spacial score (nSPS) is 19.9. The number of hydrogen-bond donors (Lipinski definition) is 2. The molecule has 2 aromatic rings. The van der Waals surface area contributed by atoms with Gasteiger partial charge in [0.25, 0.3) is 11.8 Å². The predicted molar refractivity (Wildman–Crippen MR) is 112 cm³/mol. The highest BCUT2D eigenvalue weighted by atomic mass is 16.2. The SMILES string of the molecule is CCN1C(=O)c2ccccc2N2C(=O)CC[C@]12C(=O)Nc1ccc(NC(C)=O)cc1. The van der Waals surface area contributed by atoms with Gasteiger partial charge in [0.15, 0.2) is 0 Å². The molecule has 2 aromatic carbocycles. The summed E-state index contributed by atoms with van der Waals surface area (Å²) in [5.74, 6) is -1.09. The number of likely N-dealkylation sites (N-methyl/N-ethyl adjacent to an activating group) is 1. The van der Waals surface area contributed by atoms with E-state index in [9.17, 15) is 19.2 Å². The number of amides is 4. The molecule has 2 N–H and O–H groups in total. The van der Waals surface area contributed by atoms with Gasteiger partial charge in [-0.2, -0.15) is 0 Å². The van der Waals surface area contributed by atoms with Gasteiger partial charge in [-0.15, -0.1) is 0 Å². The van der Waals surface area contributed by atoms with Crippen LogP contribution >= 0.6 is 0 Å². The second kappa shape index (κ2) is 7.29. The van der Waals surface area contributed by atoms with Crippen molar-refractivity contribution in [2.75, 3.05) is 22.1 Å². The van der Waals surface area contributed by atoms with Crippen LogP contribution in [0.1, 0.15) is 37.0 Å². The Morgan fingerprint density at radius 2 is 1.63 bits per heavy atom. The van der Waals surface area contributed by atoms with E-state index in [0.717, 1.165) is 0 Å². The zero-order chi connectivity index (χ0) is 21.5. The van der Waals surface area contributed by atoms with E-state index >= 15 is 0 Å². The minimum absolute atomic E-state index is 0.174. The summed E-state index contributed by atoms with van der Waals surface area (Å²) in [5, 5.41) is 5.52. The molecule has 1 atom stereocenters. The summed E-state index contributed by atoms with van der Waals surface area (Å²) in [4.78, 5) is 53.6. The first kappa shape index (κ1) is 19.6. The van der Waals surface area contributed by atoms with Crippen LogP contribution in [0.25, 0.3) is 0 Å². The molecule has 1 saturated heterocycles. The highest BCUT2D eigenvalue weighted by Gasteiger charge is 2.60. The molecule has 2 heterocycles. The zero-order valence-corrected chi connectivity index (χ0v) is 16.8. The highest BCUT2D eigenvalue weighted by molar-refractivity contribution is 6.18. The first-order valence-corrected chi connectivity index (χ1v) is 9.81. The maximum absolute atomic E-state index is 13.5. The Labute approximate surface area is 173 Å².